The predicted molar refractivity (Wildman–Crippen MR) is 96.1 cm³/mol. The summed E-state index contributed by atoms with van der Waals surface area (Å²) in [6.07, 6.45) is 2.01. The lowest BCUT2D eigenvalue weighted by molar-refractivity contribution is 0.00845. The number of hydrogen-bond acceptors (Lipinski definition) is 8. The molecule has 0 radical (unpaired) electrons. The number of aliphatic hydroxyl groups excluding tert-OH is 2. The van der Waals surface area contributed by atoms with E-state index in [1.807, 2.05) is 11.4 Å². The van der Waals surface area contributed by atoms with Gasteiger partial charge in [-0.3, -0.25) is 9.88 Å². The summed E-state index contributed by atoms with van der Waals surface area (Å²) in [5.41, 5.74) is 1.92. The molecule has 0 aromatic carbocycles. The van der Waals surface area contributed by atoms with E-state index in [0.717, 1.165) is 16.4 Å². The zero-order valence-corrected chi connectivity index (χ0v) is 14.7. The molecule has 0 amide bonds. The third kappa shape index (κ3) is 3.51. The summed E-state index contributed by atoms with van der Waals surface area (Å²) in [6, 6.07) is 3.26. The zero-order valence-electron chi connectivity index (χ0n) is 13.8. The summed E-state index contributed by atoms with van der Waals surface area (Å²) >= 11 is 1.47. The van der Waals surface area contributed by atoms with Gasteiger partial charge >= 0.3 is 0 Å². The number of thiophene rings is 1. The van der Waals surface area contributed by atoms with Crippen molar-refractivity contribution in [2.75, 3.05) is 18.4 Å². The highest BCUT2D eigenvalue weighted by Gasteiger charge is 2.29. The van der Waals surface area contributed by atoms with Crippen LogP contribution in [0.3, 0.4) is 0 Å². The summed E-state index contributed by atoms with van der Waals surface area (Å²) in [5, 5.41) is 25.4. The molecule has 2 atom stereocenters. The first kappa shape index (κ1) is 17.2. The second-order valence-corrected chi connectivity index (χ2v) is 7.16. The number of halogens is 1. The minimum absolute atomic E-state index is 0.318. The van der Waals surface area contributed by atoms with Crippen molar-refractivity contribution >= 4 is 27.5 Å². The van der Waals surface area contributed by atoms with Crippen LogP contribution in [0.5, 0.6) is 0 Å². The van der Waals surface area contributed by atoms with Crippen molar-refractivity contribution in [3.63, 3.8) is 0 Å². The first-order valence-corrected chi connectivity index (χ1v) is 9.17. The number of rotatable bonds is 5. The molecule has 1 aliphatic heterocycles. The van der Waals surface area contributed by atoms with Crippen molar-refractivity contribution < 1.29 is 14.6 Å². The molecule has 1 aliphatic rings. The van der Waals surface area contributed by atoms with Gasteiger partial charge in [0.2, 0.25) is 5.95 Å². The fourth-order valence-corrected chi connectivity index (χ4v) is 3.88. The van der Waals surface area contributed by atoms with Gasteiger partial charge in [0.1, 0.15) is 11.5 Å². The SMILES string of the molecule is OC(c1nc(NCc2cncc(F)c2)nc2ccsc12)N1CC[C@H](O)C1. The fraction of sp³-hybridized carbons (Fsp3) is 0.353. The van der Waals surface area contributed by atoms with E-state index in [4.69, 9.17) is 0 Å². The Morgan fingerprint density at radius 1 is 1.38 bits per heavy atom. The molecule has 3 aromatic heterocycles. The normalized spacial score (nSPS) is 19.1. The van der Waals surface area contributed by atoms with Crippen molar-refractivity contribution in [2.45, 2.75) is 25.3 Å². The number of anilines is 1. The van der Waals surface area contributed by atoms with Crippen LogP contribution >= 0.6 is 11.3 Å². The number of fused-ring (bicyclic) bond motifs is 1. The van der Waals surface area contributed by atoms with E-state index in [2.05, 4.69) is 20.3 Å². The summed E-state index contributed by atoms with van der Waals surface area (Å²) in [5.74, 6) is -0.0452. The standard InChI is InChI=1S/C17H18FN5O2S/c18-11-5-10(6-19-8-11)7-20-17-21-13-2-4-26-15(13)14(22-17)16(25)23-3-1-12(24)9-23/h2,4-6,8,12,16,24-25H,1,3,7,9H2,(H,20,21,22)/t12-,16?/m0/s1. The predicted octanol–water partition coefficient (Wildman–Crippen LogP) is 1.90. The molecule has 1 saturated heterocycles. The minimum Gasteiger partial charge on any atom is -0.392 e. The van der Waals surface area contributed by atoms with Crippen molar-refractivity contribution in [2.24, 2.45) is 0 Å². The highest BCUT2D eigenvalue weighted by molar-refractivity contribution is 7.17. The molecule has 26 heavy (non-hydrogen) atoms. The van der Waals surface area contributed by atoms with E-state index in [1.54, 1.807) is 11.1 Å². The highest BCUT2D eigenvalue weighted by atomic mass is 32.1. The fourth-order valence-electron chi connectivity index (χ4n) is 3.04. The molecular weight excluding hydrogens is 357 g/mol. The van der Waals surface area contributed by atoms with Crippen LogP contribution in [-0.4, -0.2) is 49.3 Å². The average molecular weight is 375 g/mol. The number of nitrogens with zero attached hydrogens (tertiary/aromatic N) is 4. The average Bonchev–Trinajstić information content (AvgIpc) is 3.27. The maximum Gasteiger partial charge on any atom is 0.223 e. The molecule has 4 heterocycles. The van der Waals surface area contributed by atoms with Crippen LogP contribution in [0.4, 0.5) is 10.3 Å². The molecule has 0 saturated carbocycles. The number of pyridine rings is 1. The van der Waals surface area contributed by atoms with Crippen LogP contribution in [0.2, 0.25) is 0 Å². The third-order valence-electron chi connectivity index (χ3n) is 4.33. The lowest BCUT2D eigenvalue weighted by atomic mass is 10.3. The van der Waals surface area contributed by atoms with E-state index in [9.17, 15) is 14.6 Å². The Morgan fingerprint density at radius 3 is 3.04 bits per heavy atom. The maximum absolute atomic E-state index is 13.3. The quantitative estimate of drug-likeness (QED) is 0.627. The molecule has 4 rings (SSSR count). The van der Waals surface area contributed by atoms with E-state index in [1.165, 1.54) is 17.4 Å². The van der Waals surface area contributed by atoms with Gasteiger partial charge in [-0.1, -0.05) is 0 Å². The summed E-state index contributed by atoms with van der Waals surface area (Å²) in [6.45, 7) is 1.34. The molecule has 7 nitrogen and oxygen atoms in total. The molecule has 136 valence electrons. The molecule has 0 bridgehead atoms. The van der Waals surface area contributed by atoms with Gasteiger partial charge in [0.25, 0.3) is 0 Å². The van der Waals surface area contributed by atoms with Crippen LogP contribution in [0.15, 0.2) is 29.9 Å². The Balaban J connectivity index is 1.60. The summed E-state index contributed by atoms with van der Waals surface area (Å²) in [4.78, 5) is 14.6. The van der Waals surface area contributed by atoms with Gasteiger partial charge in [-0.05, 0) is 29.5 Å². The maximum atomic E-state index is 13.3. The van der Waals surface area contributed by atoms with Gasteiger partial charge in [0.15, 0.2) is 6.23 Å². The molecule has 1 fully saturated rings. The topological polar surface area (TPSA) is 94.4 Å². The van der Waals surface area contributed by atoms with Crippen LogP contribution in [-0.2, 0) is 6.54 Å². The molecule has 9 heteroatoms. The Labute approximate surface area is 153 Å². The molecule has 3 N–H and O–H groups in total. The van der Waals surface area contributed by atoms with Crippen molar-refractivity contribution in [1.29, 1.82) is 0 Å². The first-order chi connectivity index (χ1) is 12.6. The van der Waals surface area contributed by atoms with Crippen LogP contribution in [0.25, 0.3) is 10.2 Å². The van der Waals surface area contributed by atoms with Crippen molar-refractivity contribution in [1.82, 2.24) is 19.9 Å². The Hall–Kier alpha value is -2.20. The van der Waals surface area contributed by atoms with Gasteiger partial charge < -0.3 is 15.5 Å². The second kappa shape index (κ2) is 7.20. The van der Waals surface area contributed by atoms with E-state index >= 15 is 0 Å². The van der Waals surface area contributed by atoms with Crippen molar-refractivity contribution in [3.05, 3.63) is 47.0 Å². The van der Waals surface area contributed by atoms with E-state index in [0.29, 0.717) is 43.3 Å². The van der Waals surface area contributed by atoms with E-state index < -0.39 is 18.1 Å². The molecule has 0 aliphatic carbocycles. The van der Waals surface area contributed by atoms with E-state index in [-0.39, 0.29) is 0 Å². The Morgan fingerprint density at radius 2 is 2.27 bits per heavy atom. The molecule has 1 unspecified atom stereocenters. The summed E-state index contributed by atoms with van der Waals surface area (Å²) < 4.78 is 14.1. The number of aromatic nitrogens is 3. The number of likely N-dealkylation sites (tertiary alicyclic amines) is 1. The molecule has 3 aromatic rings. The number of hydrogen-bond donors (Lipinski definition) is 3. The highest BCUT2D eigenvalue weighted by Crippen LogP contribution is 2.31. The Kier molecular flexibility index (Phi) is 4.77. The number of nitrogens with one attached hydrogen (secondary N) is 1. The van der Waals surface area contributed by atoms with Gasteiger partial charge in [0.05, 0.1) is 22.5 Å². The first-order valence-electron chi connectivity index (χ1n) is 8.29. The smallest absolute Gasteiger partial charge is 0.223 e. The monoisotopic (exact) mass is 375 g/mol. The van der Waals surface area contributed by atoms with Gasteiger partial charge in [-0.25, -0.2) is 14.4 Å². The largest absolute Gasteiger partial charge is 0.392 e. The Bertz CT molecular complexity index is 921. The zero-order chi connectivity index (χ0) is 18.1. The second-order valence-electron chi connectivity index (χ2n) is 6.24. The molecule has 0 spiro atoms. The van der Waals surface area contributed by atoms with Gasteiger partial charge in [-0.15, -0.1) is 11.3 Å². The third-order valence-corrected chi connectivity index (χ3v) is 5.25. The van der Waals surface area contributed by atoms with Crippen LogP contribution < -0.4 is 5.32 Å². The lowest BCUT2D eigenvalue weighted by Crippen LogP contribution is -2.28. The lowest BCUT2D eigenvalue weighted by Gasteiger charge is -2.22. The van der Waals surface area contributed by atoms with Crippen molar-refractivity contribution in [3.8, 4) is 0 Å². The molecular formula is C17H18FN5O2S. The number of aliphatic hydroxyl groups is 2. The minimum atomic E-state index is -0.910. The van der Waals surface area contributed by atoms with Crippen LogP contribution in [0.1, 0.15) is 23.9 Å². The van der Waals surface area contributed by atoms with Crippen LogP contribution in [0, 0.1) is 5.82 Å². The summed E-state index contributed by atoms with van der Waals surface area (Å²) in [7, 11) is 0. The van der Waals surface area contributed by atoms with Gasteiger partial charge in [0, 0.05) is 25.8 Å². The number of β-amino-alcohol motifs (C(OH)–C–C–N with tert-alkyl or cyclic N) is 1. The van der Waals surface area contributed by atoms with Gasteiger partial charge in [-0.2, -0.15) is 0 Å².